The molecule has 0 spiro atoms. The molecule has 0 saturated heterocycles. The van der Waals surface area contributed by atoms with Crippen LogP contribution in [-0.4, -0.2) is 0 Å². The lowest BCUT2D eigenvalue weighted by Gasteiger charge is -2.11. The molecule has 0 aromatic carbocycles. The maximum Gasteiger partial charge on any atom is 0.180 e. The second-order valence-corrected chi connectivity index (χ2v) is 2.79. The summed E-state index contributed by atoms with van der Waals surface area (Å²) < 4.78 is 10.5. The van der Waals surface area contributed by atoms with Crippen molar-refractivity contribution in [3.8, 4) is 11.5 Å². The van der Waals surface area contributed by atoms with Gasteiger partial charge in [-0.15, -0.1) is 11.3 Å². The van der Waals surface area contributed by atoms with Crippen molar-refractivity contribution in [2.75, 3.05) is 0 Å². The smallest absolute Gasteiger partial charge is 0.180 e. The van der Waals surface area contributed by atoms with Crippen molar-refractivity contribution >= 4 is 11.3 Å². The molecule has 2 rings (SSSR count). The van der Waals surface area contributed by atoms with Gasteiger partial charge in [0.1, 0.15) is 12.0 Å². The molecule has 0 unspecified atom stereocenters. The van der Waals surface area contributed by atoms with Crippen LogP contribution in [0, 0.1) is 0 Å². The molecule has 52 valence electrons. The molecule has 0 aliphatic carbocycles. The summed E-state index contributed by atoms with van der Waals surface area (Å²) in [7, 11) is 0. The predicted molar refractivity (Wildman–Crippen MR) is 39.3 cm³/mol. The first-order chi connectivity index (χ1) is 4.86. The van der Waals surface area contributed by atoms with E-state index in [4.69, 9.17) is 9.47 Å². The van der Waals surface area contributed by atoms with Crippen LogP contribution in [0.3, 0.4) is 0 Å². The summed E-state index contributed by atoms with van der Waals surface area (Å²) in [5.74, 6) is 2.44. The highest BCUT2D eigenvalue weighted by atomic mass is 32.1. The largest absolute Gasteiger partial charge is 0.457 e. The van der Waals surface area contributed by atoms with Crippen molar-refractivity contribution < 1.29 is 9.47 Å². The Morgan fingerprint density at radius 3 is 3.00 bits per heavy atom. The quantitative estimate of drug-likeness (QED) is 0.571. The second kappa shape index (κ2) is 2.02. The highest BCUT2D eigenvalue weighted by molar-refractivity contribution is 7.08. The van der Waals surface area contributed by atoms with E-state index < -0.39 is 0 Å². The third-order valence-electron chi connectivity index (χ3n) is 1.22. The average Bonchev–Trinajstić information content (AvgIpc) is 2.33. The summed E-state index contributed by atoms with van der Waals surface area (Å²) in [5.41, 5.74) is 0. The maximum absolute atomic E-state index is 5.32. The third kappa shape index (κ3) is 0.789. The molecule has 0 atom stereocenters. The molecule has 10 heavy (non-hydrogen) atoms. The molecule has 2 nitrogen and oxygen atoms in total. The van der Waals surface area contributed by atoms with Crippen LogP contribution >= 0.6 is 11.3 Å². The SMILES string of the molecule is CC1=COc2cscc2O1. The zero-order chi connectivity index (χ0) is 6.97. The lowest BCUT2D eigenvalue weighted by Crippen LogP contribution is -1.99. The van der Waals surface area contributed by atoms with Gasteiger partial charge in [-0.25, -0.2) is 0 Å². The summed E-state index contributed by atoms with van der Waals surface area (Å²) in [5, 5.41) is 3.84. The van der Waals surface area contributed by atoms with Crippen molar-refractivity contribution in [1.82, 2.24) is 0 Å². The Kier molecular flexibility index (Phi) is 1.17. The first-order valence-corrected chi connectivity index (χ1v) is 3.88. The molecule has 1 aromatic heterocycles. The summed E-state index contributed by atoms with van der Waals surface area (Å²) in [6.45, 7) is 1.86. The van der Waals surface area contributed by atoms with Gasteiger partial charge in [-0.2, -0.15) is 0 Å². The number of ether oxygens (including phenoxy) is 2. The van der Waals surface area contributed by atoms with Crippen LogP contribution in [-0.2, 0) is 0 Å². The number of fused-ring (bicyclic) bond motifs is 1. The Morgan fingerprint density at radius 1 is 1.30 bits per heavy atom. The molecular weight excluding hydrogens is 148 g/mol. The molecule has 1 aliphatic rings. The van der Waals surface area contributed by atoms with Gasteiger partial charge < -0.3 is 9.47 Å². The highest BCUT2D eigenvalue weighted by Crippen LogP contribution is 2.35. The van der Waals surface area contributed by atoms with E-state index in [1.165, 1.54) is 0 Å². The highest BCUT2D eigenvalue weighted by Gasteiger charge is 2.10. The van der Waals surface area contributed by atoms with E-state index in [1.54, 1.807) is 17.6 Å². The van der Waals surface area contributed by atoms with Gasteiger partial charge >= 0.3 is 0 Å². The molecule has 2 heterocycles. The first kappa shape index (κ1) is 5.80. The number of thiophene rings is 1. The minimum absolute atomic E-state index is 0.797. The van der Waals surface area contributed by atoms with Gasteiger partial charge in [0.25, 0.3) is 0 Å². The van der Waals surface area contributed by atoms with E-state index >= 15 is 0 Å². The summed E-state index contributed by atoms with van der Waals surface area (Å²) in [6, 6.07) is 0. The van der Waals surface area contributed by atoms with E-state index in [-0.39, 0.29) is 0 Å². The number of hydrogen-bond acceptors (Lipinski definition) is 3. The fourth-order valence-corrected chi connectivity index (χ4v) is 1.43. The van der Waals surface area contributed by atoms with Crippen molar-refractivity contribution in [2.24, 2.45) is 0 Å². The van der Waals surface area contributed by atoms with Crippen molar-refractivity contribution in [3.63, 3.8) is 0 Å². The molecule has 0 N–H and O–H groups in total. The van der Waals surface area contributed by atoms with E-state index in [0.29, 0.717) is 0 Å². The van der Waals surface area contributed by atoms with Gasteiger partial charge in [0.2, 0.25) is 0 Å². The van der Waals surface area contributed by atoms with Crippen LogP contribution in [0.2, 0.25) is 0 Å². The fraction of sp³-hybridized carbons (Fsp3) is 0.143. The van der Waals surface area contributed by atoms with Crippen molar-refractivity contribution in [3.05, 3.63) is 22.8 Å². The maximum atomic E-state index is 5.32. The molecule has 0 amide bonds. The summed E-state index contributed by atoms with van der Waals surface area (Å²) in [4.78, 5) is 0. The Morgan fingerprint density at radius 2 is 2.10 bits per heavy atom. The minimum atomic E-state index is 0.797. The first-order valence-electron chi connectivity index (χ1n) is 2.94. The summed E-state index contributed by atoms with van der Waals surface area (Å²) >= 11 is 1.57. The Bertz CT molecular complexity index is 275. The van der Waals surface area contributed by atoms with E-state index in [2.05, 4.69) is 0 Å². The zero-order valence-electron chi connectivity index (χ0n) is 5.46. The molecule has 1 aliphatic heterocycles. The molecule has 0 radical (unpaired) electrons. The van der Waals surface area contributed by atoms with Crippen LogP contribution in [0.4, 0.5) is 0 Å². The predicted octanol–water partition coefficient (Wildman–Crippen LogP) is 2.38. The monoisotopic (exact) mass is 154 g/mol. The van der Waals surface area contributed by atoms with Gasteiger partial charge in [0.15, 0.2) is 11.5 Å². The Balaban J connectivity index is 2.39. The second-order valence-electron chi connectivity index (χ2n) is 2.05. The fourth-order valence-electron chi connectivity index (χ4n) is 0.778. The third-order valence-corrected chi connectivity index (χ3v) is 1.92. The van der Waals surface area contributed by atoms with Gasteiger partial charge in [0.05, 0.1) is 0 Å². The van der Waals surface area contributed by atoms with Crippen molar-refractivity contribution in [2.45, 2.75) is 6.92 Å². The topological polar surface area (TPSA) is 18.5 Å². The molecular formula is C7H6O2S. The normalized spacial score (nSPS) is 14.7. The number of rotatable bonds is 0. The van der Waals surface area contributed by atoms with E-state index in [0.717, 1.165) is 17.3 Å². The van der Waals surface area contributed by atoms with Crippen LogP contribution in [0.1, 0.15) is 6.92 Å². The standard InChI is InChI=1S/C7H6O2S/c1-5-2-8-6-3-10-4-7(6)9-5/h2-4H,1H3. The van der Waals surface area contributed by atoms with Crippen molar-refractivity contribution in [1.29, 1.82) is 0 Å². The summed E-state index contributed by atoms with van der Waals surface area (Å²) in [6.07, 6.45) is 1.61. The van der Waals surface area contributed by atoms with Crippen LogP contribution < -0.4 is 9.47 Å². The van der Waals surface area contributed by atoms with Gasteiger partial charge in [-0.05, 0) is 6.92 Å². The Labute approximate surface area is 62.7 Å². The van der Waals surface area contributed by atoms with Crippen LogP contribution in [0.25, 0.3) is 0 Å². The van der Waals surface area contributed by atoms with E-state index in [1.807, 2.05) is 17.7 Å². The molecule has 0 saturated carbocycles. The van der Waals surface area contributed by atoms with E-state index in [9.17, 15) is 0 Å². The van der Waals surface area contributed by atoms with Gasteiger partial charge in [-0.1, -0.05) is 0 Å². The zero-order valence-corrected chi connectivity index (χ0v) is 6.27. The minimum Gasteiger partial charge on any atom is -0.457 e. The average molecular weight is 154 g/mol. The van der Waals surface area contributed by atoms with Gasteiger partial charge in [0, 0.05) is 10.8 Å². The number of hydrogen-bond donors (Lipinski definition) is 0. The lowest BCUT2D eigenvalue weighted by molar-refractivity contribution is 0.330. The molecule has 3 heteroatoms. The number of allylic oxidation sites excluding steroid dienone is 1. The van der Waals surface area contributed by atoms with Crippen LogP contribution in [0.15, 0.2) is 22.8 Å². The molecule has 0 fully saturated rings. The van der Waals surface area contributed by atoms with Gasteiger partial charge in [-0.3, -0.25) is 0 Å². The Hall–Kier alpha value is -0.960. The molecule has 1 aromatic rings. The lowest BCUT2D eigenvalue weighted by atomic mass is 10.5. The molecule has 0 bridgehead atoms. The van der Waals surface area contributed by atoms with Crippen LogP contribution in [0.5, 0.6) is 11.5 Å².